The van der Waals surface area contributed by atoms with E-state index in [1.807, 2.05) is 54.6 Å². The standard InChI is InChI=1S/C25H30N2O3S/c1-17-9-7-8-12-20(17)27-24(28)23(31-25(27)26-19-10-5-4-6-11-19)16-18-13-14-21(29-2)22(15-18)30-3/h4-6,10-11,13-17,20,25-26H,7-9,12H2,1-3H3/b23-16-/t17-,20+,25?/m0/s1. The third-order valence-electron chi connectivity index (χ3n) is 6.13. The maximum Gasteiger partial charge on any atom is 0.262 e. The number of carbonyl (C=O) groups excluding carboxylic acids is 1. The third-order valence-corrected chi connectivity index (χ3v) is 7.24. The summed E-state index contributed by atoms with van der Waals surface area (Å²) >= 11 is 1.59. The average Bonchev–Trinajstić information content (AvgIpc) is 3.09. The molecule has 1 N–H and O–H groups in total. The summed E-state index contributed by atoms with van der Waals surface area (Å²) in [5.74, 6) is 1.94. The predicted octanol–water partition coefficient (Wildman–Crippen LogP) is 5.59. The number of para-hydroxylation sites is 1. The van der Waals surface area contributed by atoms with Crippen LogP contribution in [0.5, 0.6) is 11.5 Å². The van der Waals surface area contributed by atoms with Gasteiger partial charge >= 0.3 is 0 Å². The second kappa shape index (κ2) is 9.69. The second-order valence-corrected chi connectivity index (χ2v) is 9.27. The SMILES string of the molecule is COc1ccc(/C=C2\SC(Nc3ccccc3)N([C@@H]3CCCC[C@@H]3C)C2=O)cc1OC. The van der Waals surface area contributed by atoms with Crippen molar-refractivity contribution in [2.24, 2.45) is 5.92 Å². The number of ether oxygens (including phenoxy) is 2. The van der Waals surface area contributed by atoms with Crippen LogP contribution in [-0.2, 0) is 4.79 Å². The Morgan fingerprint density at radius 3 is 2.48 bits per heavy atom. The van der Waals surface area contributed by atoms with Crippen molar-refractivity contribution in [3.05, 3.63) is 59.0 Å². The van der Waals surface area contributed by atoms with E-state index < -0.39 is 0 Å². The lowest BCUT2D eigenvalue weighted by Crippen LogP contribution is -2.48. The second-order valence-electron chi connectivity index (χ2n) is 8.15. The number of benzene rings is 2. The van der Waals surface area contributed by atoms with Crippen molar-refractivity contribution in [3.63, 3.8) is 0 Å². The summed E-state index contributed by atoms with van der Waals surface area (Å²) in [5.41, 5.74) is 1.82. The molecule has 6 heteroatoms. The summed E-state index contributed by atoms with van der Waals surface area (Å²) in [6.45, 7) is 2.28. The van der Waals surface area contributed by atoms with Crippen molar-refractivity contribution in [3.8, 4) is 11.5 Å². The van der Waals surface area contributed by atoms with E-state index >= 15 is 0 Å². The van der Waals surface area contributed by atoms with Gasteiger partial charge in [0.25, 0.3) is 5.91 Å². The molecular formula is C25H30N2O3S. The summed E-state index contributed by atoms with van der Waals surface area (Å²) < 4.78 is 10.8. The molecule has 0 radical (unpaired) electrons. The molecule has 1 saturated heterocycles. The van der Waals surface area contributed by atoms with Gasteiger partial charge in [0.05, 0.1) is 19.1 Å². The number of amides is 1. The van der Waals surface area contributed by atoms with E-state index in [9.17, 15) is 4.79 Å². The molecule has 1 unspecified atom stereocenters. The average molecular weight is 439 g/mol. The fourth-order valence-corrected chi connectivity index (χ4v) is 5.67. The van der Waals surface area contributed by atoms with E-state index in [1.165, 1.54) is 19.3 Å². The smallest absolute Gasteiger partial charge is 0.262 e. The molecule has 1 saturated carbocycles. The summed E-state index contributed by atoms with van der Waals surface area (Å²) in [5, 5.41) is 3.58. The molecule has 1 heterocycles. The number of thioether (sulfide) groups is 1. The van der Waals surface area contributed by atoms with E-state index in [4.69, 9.17) is 9.47 Å². The first-order valence-corrected chi connectivity index (χ1v) is 11.7. The predicted molar refractivity (Wildman–Crippen MR) is 127 cm³/mol. The van der Waals surface area contributed by atoms with E-state index in [2.05, 4.69) is 17.1 Å². The van der Waals surface area contributed by atoms with Crippen LogP contribution in [0.3, 0.4) is 0 Å². The summed E-state index contributed by atoms with van der Waals surface area (Å²) in [4.78, 5) is 16.4. The number of nitrogens with one attached hydrogen (secondary N) is 1. The largest absolute Gasteiger partial charge is 0.493 e. The molecule has 31 heavy (non-hydrogen) atoms. The molecule has 1 aliphatic carbocycles. The molecule has 4 rings (SSSR count). The molecule has 2 aromatic carbocycles. The van der Waals surface area contributed by atoms with E-state index in [-0.39, 0.29) is 17.4 Å². The zero-order chi connectivity index (χ0) is 21.8. The van der Waals surface area contributed by atoms with Crippen molar-refractivity contribution >= 4 is 29.4 Å². The third kappa shape index (κ3) is 4.69. The van der Waals surface area contributed by atoms with Crippen molar-refractivity contribution in [2.45, 2.75) is 44.1 Å². The number of nitrogens with zero attached hydrogens (tertiary/aromatic N) is 1. The van der Waals surface area contributed by atoms with Crippen molar-refractivity contribution in [1.29, 1.82) is 0 Å². The minimum atomic E-state index is -0.119. The molecule has 0 bridgehead atoms. The monoisotopic (exact) mass is 438 g/mol. The Morgan fingerprint density at radius 2 is 1.77 bits per heavy atom. The fourth-order valence-electron chi connectivity index (χ4n) is 4.46. The maximum atomic E-state index is 13.6. The van der Waals surface area contributed by atoms with Gasteiger partial charge in [-0.25, -0.2) is 0 Å². The van der Waals surface area contributed by atoms with Crippen molar-refractivity contribution < 1.29 is 14.3 Å². The molecule has 5 nitrogen and oxygen atoms in total. The normalized spacial score (nSPS) is 25.0. The number of carbonyl (C=O) groups is 1. The first-order valence-electron chi connectivity index (χ1n) is 10.9. The summed E-state index contributed by atoms with van der Waals surface area (Å²) in [7, 11) is 3.24. The Labute approximate surface area is 188 Å². The molecule has 2 fully saturated rings. The van der Waals surface area contributed by atoms with Gasteiger partial charge in [0.1, 0.15) is 0 Å². The Kier molecular flexibility index (Phi) is 6.76. The highest BCUT2D eigenvalue weighted by atomic mass is 32.2. The number of anilines is 1. The van der Waals surface area contributed by atoms with Crippen LogP contribution in [0.2, 0.25) is 0 Å². The van der Waals surface area contributed by atoms with Crippen LogP contribution in [0.15, 0.2) is 53.4 Å². The lowest BCUT2D eigenvalue weighted by Gasteiger charge is -2.39. The van der Waals surface area contributed by atoms with Gasteiger partial charge in [0, 0.05) is 11.7 Å². The lowest BCUT2D eigenvalue weighted by atomic mass is 9.85. The molecule has 2 aromatic rings. The van der Waals surface area contributed by atoms with Crippen LogP contribution in [-0.4, -0.2) is 36.6 Å². The first-order chi connectivity index (χ1) is 15.1. The number of hydrogen-bond acceptors (Lipinski definition) is 5. The highest BCUT2D eigenvalue weighted by Crippen LogP contribution is 2.42. The van der Waals surface area contributed by atoms with Gasteiger partial charge in [-0.15, -0.1) is 0 Å². The molecular weight excluding hydrogens is 408 g/mol. The van der Waals surface area contributed by atoms with Crippen LogP contribution in [0, 0.1) is 5.92 Å². The van der Waals surface area contributed by atoms with Gasteiger partial charge in [-0.2, -0.15) is 0 Å². The Bertz CT molecular complexity index is 947. The quantitative estimate of drug-likeness (QED) is 0.596. The lowest BCUT2D eigenvalue weighted by molar-refractivity contribution is -0.129. The molecule has 2 aliphatic rings. The first kappa shape index (κ1) is 21.6. The minimum Gasteiger partial charge on any atom is -0.493 e. The van der Waals surface area contributed by atoms with E-state index in [0.717, 1.165) is 22.6 Å². The Hall–Kier alpha value is -2.60. The number of hydrogen-bond donors (Lipinski definition) is 1. The molecule has 164 valence electrons. The van der Waals surface area contributed by atoms with Gasteiger partial charge in [0.15, 0.2) is 17.0 Å². The van der Waals surface area contributed by atoms with Gasteiger partial charge in [-0.3, -0.25) is 4.79 Å². The molecule has 1 amide bonds. The Morgan fingerprint density at radius 1 is 1.03 bits per heavy atom. The molecule has 0 spiro atoms. The zero-order valence-electron chi connectivity index (χ0n) is 18.3. The zero-order valence-corrected chi connectivity index (χ0v) is 19.2. The number of methoxy groups -OCH3 is 2. The highest BCUT2D eigenvalue weighted by Gasteiger charge is 2.42. The fraction of sp³-hybridized carbons (Fsp3) is 0.400. The Balaban J connectivity index is 1.65. The number of rotatable bonds is 6. The molecule has 1 aliphatic heterocycles. The van der Waals surface area contributed by atoms with Gasteiger partial charge in [-0.1, -0.05) is 55.8 Å². The highest BCUT2D eigenvalue weighted by molar-refractivity contribution is 8.05. The van der Waals surface area contributed by atoms with Crippen LogP contribution in [0.1, 0.15) is 38.2 Å². The van der Waals surface area contributed by atoms with Crippen LogP contribution >= 0.6 is 11.8 Å². The molecule has 0 aromatic heterocycles. The maximum absolute atomic E-state index is 13.6. The van der Waals surface area contributed by atoms with Gasteiger partial charge in [-0.05, 0) is 54.7 Å². The summed E-state index contributed by atoms with van der Waals surface area (Å²) in [6, 6.07) is 16.1. The van der Waals surface area contributed by atoms with Crippen LogP contribution in [0.25, 0.3) is 6.08 Å². The van der Waals surface area contributed by atoms with Gasteiger partial charge < -0.3 is 19.7 Å². The van der Waals surface area contributed by atoms with Crippen LogP contribution < -0.4 is 14.8 Å². The van der Waals surface area contributed by atoms with Crippen molar-refractivity contribution in [2.75, 3.05) is 19.5 Å². The van der Waals surface area contributed by atoms with E-state index in [0.29, 0.717) is 17.4 Å². The van der Waals surface area contributed by atoms with Crippen LogP contribution in [0.4, 0.5) is 5.69 Å². The van der Waals surface area contributed by atoms with Gasteiger partial charge in [0.2, 0.25) is 0 Å². The topological polar surface area (TPSA) is 50.8 Å². The van der Waals surface area contributed by atoms with E-state index in [1.54, 1.807) is 26.0 Å². The molecule has 3 atom stereocenters. The summed E-state index contributed by atoms with van der Waals surface area (Å²) in [6.07, 6.45) is 6.62. The minimum absolute atomic E-state index is 0.104. The van der Waals surface area contributed by atoms with Crippen molar-refractivity contribution in [1.82, 2.24) is 4.90 Å².